The zero-order chi connectivity index (χ0) is 11.9. The minimum Gasteiger partial charge on any atom is -0.793 e. The van der Waals surface area contributed by atoms with Crippen LogP contribution in [0.1, 0.15) is 12.8 Å². The lowest BCUT2D eigenvalue weighted by Crippen LogP contribution is -2.31. The van der Waals surface area contributed by atoms with Gasteiger partial charge in [0, 0.05) is 13.0 Å². The summed E-state index contributed by atoms with van der Waals surface area (Å²) < 4.78 is 34.1. The molecule has 0 radical (unpaired) electrons. The molecule has 1 fully saturated rings. The molecule has 0 heterocycles. The molecule has 0 N–H and O–H groups in total. The van der Waals surface area contributed by atoms with Gasteiger partial charge in [0.2, 0.25) is 10.0 Å². The molecule has 15 heavy (non-hydrogen) atoms. The van der Waals surface area contributed by atoms with E-state index >= 15 is 0 Å². The van der Waals surface area contributed by atoms with Gasteiger partial charge in [0.1, 0.15) is 0 Å². The Morgan fingerprint density at radius 2 is 2.00 bits per heavy atom. The van der Waals surface area contributed by atoms with Crippen molar-refractivity contribution in [3.05, 3.63) is 0 Å². The van der Waals surface area contributed by atoms with E-state index in [1.54, 1.807) is 0 Å². The summed E-state index contributed by atoms with van der Waals surface area (Å²) in [6.07, 6.45) is 1.34. The predicted octanol–water partition coefficient (Wildman–Crippen LogP) is -0.590. The monoisotopic (exact) mass is 254 g/mol. The van der Waals surface area contributed by atoms with Crippen LogP contribution >= 0.6 is 7.37 Å². The molecule has 0 spiro atoms. The molecule has 1 atom stereocenters. The van der Waals surface area contributed by atoms with Crippen LogP contribution in [0.2, 0.25) is 0 Å². The van der Waals surface area contributed by atoms with Gasteiger partial charge in [-0.1, -0.05) is 0 Å². The van der Waals surface area contributed by atoms with Gasteiger partial charge in [0.15, 0.2) is 5.52 Å². The van der Waals surface area contributed by atoms with Gasteiger partial charge in [0.25, 0.3) is 0 Å². The number of hydrogen-bond acceptors (Lipinski definition) is 5. The molecular formula is C7H13NO5PS-. The van der Waals surface area contributed by atoms with Crippen molar-refractivity contribution in [3.8, 4) is 0 Å². The Morgan fingerprint density at radius 1 is 1.53 bits per heavy atom. The van der Waals surface area contributed by atoms with E-state index in [9.17, 15) is 22.7 Å². The fourth-order valence-corrected chi connectivity index (χ4v) is 3.82. The summed E-state index contributed by atoms with van der Waals surface area (Å²) in [4.78, 5) is 22.7. The molecule has 0 saturated heterocycles. The Kier molecular flexibility index (Phi) is 3.40. The summed E-state index contributed by atoms with van der Waals surface area (Å²) in [7, 11) is -6.70. The van der Waals surface area contributed by atoms with E-state index in [0.29, 0.717) is 17.1 Å². The van der Waals surface area contributed by atoms with E-state index in [2.05, 4.69) is 0 Å². The summed E-state index contributed by atoms with van der Waals surface area (Å²) in [6, 6.07) is 0. The number of carbonyl (C=O) groups excluding carboxylic acids is 1. The first-order valence-corrected chi connectivity index (χ1v) is 8.06. The van der Waals surface area contributed by atoms with Crippen LogP contribution in [0.25, 0.3) is 0 Å². The molecule has 0 aromatic heterocycles. The van der Waals surface area contributed by atoms with Crippen LogP contribution in [-0.4, -0.2) is 37.8 Å². The molecule has 8 heteroatoms. The highest BCUT2D eigenvalue weighted by Gasteiger charge is 2.37. The minimum absolute atomic E-state index is 0.402. The van der Waals surface area contributed by atoms with Crippen molar-refractivity contribution >= 4 is 22.9 Å². The SMILES string of the molecule is CN(CP(=O)([O-])C(=O)C1CC1)S(C)(=O)=O. The Bertz CT molecular complexity index is 413. The van der Waals surface area contributed by atoms with Crippen molar-refractivity contribution < 1.29 is 22.7 Å². The molecule has 1 unspecified atom stereocenters. The average molecular weight is 254 g/mol. The maximum atomic E-state index is 11.4. The van der Waals surface area contributed by atoms with Crippen LogP contribution < -0.4 is 4.89 Å². The van der Waals surface area contributed by atoms with Crippen LogP contribution in [0, 0.1) is 5.92 Å². The Morgan fingerprint density at radius 3 is 2.33 bits per heavy atom. The fraction of sp³-hybridized carbons (Fsp3) is 0.857. The second-order valence-corrected chi connectivity index (χ2v) is 7.95. The lowest BCUT2D eigenvalue weighted by atomic mass is 10.5. The number of nitrogens with zero attached hydrogens (tertiary/aromatic N) is 1. The molecule has 88 valence electrons. The first kappa shape index (κ1) is 12.8. The van der Waals surface area contributed by atoms with Gasteiger partial charge in [-0.25, -0.2) is 8.42 Å². The quantitative estimate of drug-likeness (QED) is 0.611. The van der Waals surface area contributed by atoms with Gasteiger partial charge < -0.3 is 9.46 Å². The molecule has 1 aliphatic rings. The van der Waals surface area contributed by atoms with E-state index < -0.39 is 35.1 Å². The Balaban J connectivity index is 2.71. The van der Waals surface area contributed by atoms with Crippen LogP contribution in [0.4, 0.5) is 0 Å². The second kappa shape index (κ2) is 3.97. The normalized spacial score (nSPS) is 21.3. The Labute approximate surface area is 88.8 Å². The molecule has 6 nitrogen and oxygen atoms in total. The highest BCUT2D eigenvalue weighted by Crippen LogP contribution is 2.47. The zero-order valence-electron chi connectivity index (χ0n) is 8.54. The fourth-order valence-electron chi connectivity index (χ4n) is 1.05. The van der Waals surface area contributed by atoms with Crippen LogP contribution in [-0.2, 0) is 19.4 Å². The largest absolute Gasteiger partial charge is 0.793 e. The maximum absolute atomic E-state index is 11.4. The van der Waals surface area contributed by atoms with Crippen LogP contribution in [0.3, 0.4) is 0 Å². The molecule has 0 aromatic rings. The summed E-state index contributed by atoms with van der Waals surface area (Å²) in [6.45, 7) is 0. The van der Waals surface area contributed by atoms with E-state index in [1.165, 1.54) is 0 Å². The van der Waals surface area contributed by atoms with E-state index in [0.717, 1.165) is 13.3 Å². The summed E-state index contributed by atoms with van der Waals surface area (Å²) in [5.74, 6) is -0.402. The second-order valence-electron chi connectivity index (χ2n) is 3.79. The zero-order valence-corrected chi connectivity index (χ0v) is 10.3. The van der Waals surface area contributed by atoms with E-state index in [1.807, 2.05) is 0 Å². The number of rotatable bonds is 5. The van der Waals surface area contributed by atoms with Crippen molar-refractivity contribution in [3.63, 3.8) is 0 Å². The van der Waals surface area contributed by atoms with Gasteiger partial charge in [-0.3, -0.25) is 4.79 Å². The van der Waals surface area contributed by atoms with Gasteiger partial charge in [-0.2, -0.15) is 4.31 Å². The van der Waals surface area contributed by atoms with Gasteiger partial charge in [-0.15, -0.1) is 0 Å². The number of carbonyl (C=O) groups is 1. The first-order chi connectivity index (χ1) is 6.64. The smallest absolute Gasteiger partial charge is 0.211 e. The van der Waals surface area contributed by atoms with Crippen molar-refractivity contribution in [1.82, 2.24) is 4.31 Å². The Hall–Kier alpha value is -0.230. The summed E-state index contributed by atoms with van der Waals surface area (Å²) in [5.41, 5.74) is -0.807. The highest BCUT2D eigenvalue weighted by molar-refractivity contribution is 7.89. The maximum Gasteiger partial charge on any atom is 0.211 e. The van der Waals surface area contributed by atoms with Crippen molar-refractivity contribution in [2.75, 3.05) is 19.6 Å². The summed E-state index contributed by atoms with van der Waals surface area (Å²) >= 11 is 0. The van der Waals surface area contributed by atoms with Crippen molar-refractivity contribution in [2.45, 2.75) is 12.8 Å². The molecule has 0 bridgehead atoms. The van der Waals surface area contributed by atoms with Crippen molar-refractivity contribution in [2.24, 2.45) is 5.92 Å². The minimum atomic E-state index is -4.27. The van der Waals surface area contributed by atoms with Gasteiger partial charge in [-0.05, 0) is 12.8 Å². The molecular weight excluding hydrogens is 241 g/mol. The first-order valence-electron chi connectivity index (χ1n) is 4.40. The lowest BCUT2D eigenvalue weighted by Gasteiger charge is -2.26. The van der Waals surface area contributed by atoms with Crippen molar-refractivity contribution in [1.29, 1.82) is 0 Å². The van der Waals surface area contributed by atoms with Crippen LogP contribution in [0.15, 0.2) is 0 Å². The number of sulfonamides is 1. The molecule has 0 aromatic carbocycles. The predicted molar refractivity (Wildman–Crippen MR) is 52.8 cm³/mol. The average Bonchev–Trinajstić information content (AvgIpc) is 2.82. The standard InChI is InChI=1S/C7H14NO5PS/c1-8(15(2,12)13)5-14(10,11)7(9)6-3-4-6/h6H,3-5H2,1-2H3,(H,10,11)/p-1. The highest BCUT2D eigenvalue weighted by atomic mass is 32.2. The summed E-state index contributed by atoms with van der Waals surface area (Å²) in [5, 5.41) is 0. The third-order valence-electron chi connectivity index (χ3n) is 2.21. The molecule has 0 amide bonds. The third-order valence-corrected chi connectivity index (χ3v) is 5.50. The number of hydrogen-bond donors (Lipinski definition) is 0. The molecule has 0 aliphatic heterocycles. The van der Waals surface area contributed by atoms with E-state index in [4.69, 9.17) is 0 Å². The molecule has 1 saturated carbocycles. The molecule has 1 aliphatic carbocycles. The van der Waals surface area contributed by atoms with E-state index in [-0.39, 0.29) is 0 Å². The van der Waals surface area contributed by atoms with Crippen LogP contribution in [0.5, 0.6) is 0 Å². The topological polar surface area (TPSA) is 94.6 Å². The van der Waals surface area contributed by atoms with Gasteiger partial charge in [0.05, 0.1) is 19.9 Å². The third kappa shape index (κ3) is 3.38. The lowest BCUT2D eigenvalue weighted by molar-refractivity contribution is -0.180. The molecule has 1 rings (SSSR count). The van der Waals surface area contributed by atoms with Gasteiger partial charge >= 0.3 is 0 Å².